The average molecular weight is 486 g/mol. The molecule has 1 amide bonds. The first-order chi connectivity index (χ1) is 16.4. The molecule has 0 spiro atoms. The maximum absolute atomic E-state index is 13.7. The van der Waals surface area contributed by atoms with Crippen LogP contribution < -0.4 is 10.1 Å². The van der Waals surface area contributed by atoms with Crippen molar-refractivity contribution in [3.05, 3.63) is 71.5 Å². The van der Waals surface area contributed by atoms with Gasteiger partial charge in [-0.2, -0.15) is 0 Å². The number of β-amino-alcohol motifs (C(OH)–C–C–N with tert-alkyl or cyclic N) is 1. The monoisotopic (exact) mass is 485 g/mol. The lowest BCUT2D eigenvalue weighted by molar-refractivity contribution is -0.118. The van der Waals surface area contributed by atoms with Crippen LogP contribution in [-0.2, 0) is 4.79 Å². The Morgan fingerprint density at radius 3 is 2.65 bits per heavy atom. The van der Waals surface area contributed by atoms with E-state index in [9.17, 15) is 14.3 Å². The fourth-order valence-electron chi connectivity index (χ4n) is 4.32. The summed E-state index contributed by atoms with van der Waals surface area (Å²) in [5.41, 5.74) is 0.745. The van der Waals surface area contributed by atoms with Gasteiger partial charge in [0.2, 0.25) is 5.91 Å². The number of anilines is 1. The van der Waals surface area contributed by atoms with Gasteiger partial charge in [-0.1, -0.05) is 48.0 Å². The molecule has 0 saturated carbocycles. The van der Waals surface area contributed by atoms with Crippen LogP contribution in [0.2, 0.25) is 5.02 Å². The molecule has 8 heteroatoms. The van der Waals surface area contributed by atoms with E-state index in [0.717, 1.165) is 23.0 Å². The van der Waals surface area contributed by atoms with Crippen molar-refractivity contribution in [3.8, 4) is 5.75 Å². The van der Waals surface area contributed by atoms with Crippen molar-refractivity contribution in [3.63, 3.8) is 0 Å². The highest BCUT2D eigenvalue weighted by Crippen LogP contribution is 2.29. The van der Waals surface area contributed by atoms with Gasteiger partial charge < -0.3 is 15.2 Å². The lowest BCUT2D eigenvalue weighted by Gasteiger charge is -2.40. The SMILES string of the molecule is C[C@H]1CN(CC(=O)Nc2ccc(Cl)c3ccccc23)CCN1C[C@H](O)COc1ccccc1F. The third-order valence-corrected chi connectivity index (χ3v) is 6.40. The molecule has 0 aliphatic carbocycles. The molecule has 3 aromatic rings. The van der Waals surface area contributed by atoms with Gasteiger partial charge in [0.05, 0.1) is 6.54 Å². The maximum Gasteiger partial charge on any atom is 0.238 e. The highest BCUT2D eigenvalue weighted by molar-refractivity contribution is 6.36. The number of fused-ring (bicyclic) bond motifs is 1. The Morgan fingerprint density at radius 1 is 1.15 bits per heavy atom. The van der Waals surface area contributed by atoms with Crippen molar-refractivity contribution in [2.75, 3.05) is 44.6 Å². The first-order valence-corrected chi connectivity index (χ1v) is 11.8. The number of amides is 1. The van der Waals surface area contributed by atoms with E-state index in [-0.39, 0.29) is 30.9 Å². The van der Waals surface area contributed by atoms with Crippen LogP contribution in [0.5, 0.6) is 5.75 Å². The Balaban J connectivity index is 1.25. The normalized spacial score (nSPS) is 18.1. The summed E-state index contributed by atoms with van der Waals surface area (Å²) in [4.78, 5) is 17.0. The van der Waals surface area contributed by atoms with Crippen LogP contribution >= 0.6 is 11.6 Å². The number of hydrogen-bond donors (Lipinski definition) is 2. The van der Waals surface area contributed by atoms with Gasteiger partial charge >= 0.3 is 0 Å². The van der Waals surface area contributed by atoms with Crippen LogP contribution in [0.4, 0.5) is 10.1 Å². The second kappa shape index (κ2) is 11.1. The zero-order valence-corrected chi connectivity index (χ0v) is 19.8. The maximum atomic E-state index is 13.7. The number of carbonyl (C=O) groups excluding carboxylic acids is 1. The molecule has 2 atom stereocenters. The fourth-order valence-corrected chi connectivity index (χ4v) is 4.55. The summed E-state index contributed by atoms with van der Waals surface area (Å²) in [6, 6.07) is 17.7. The van der Waals surface area contributed by atoms with Crippen LogP contribution in [0.15, 0.2) is 60.7 Å². The molecular formula is C26H29ClFN3O3. The lowest BCUT2D eigenvalue weighted by atomic mass is 10.1. The molecule has 180 valence electrons. The molecule has 1 aliphatic heterocycles. The zero-order chi connectivity index (χ0) is 24.1. The first-order valence-electron chi connectivity index (χ1n) is 11.4. The van der Waals surface area contributed by atoms with Crippen molar-refractivity contribution >= 4 is 34.0 Å². The molecule has 0 radical (unpaired) electrons. The molecule has 3 aromatic carbocycles. The predicted molar refractivity (Wildman–Crippen MR) is 133 cm³/mol. The number of nitrogens with zero attached hydrogens (tertiary/aromatic N) is 2. The molecular weight excluding hydrogens is 457 g/mol. The molecule has 0 aromatic heterocycles. The average Bonchev–Trinajstić information content (AvgIpc) is 2.82. The minimum Gasteiger partial charge on any atom is -0.488 e. The minimum atomic E-state index is -0.741. The Labute approximate surface area is 203 Å². The van der Waals surface area contributed by atoms with Gasteiger partial charge in [0.15, 0.2) is 11.6 Å². The van der Waals surface area contributed by atoms with E-state index in [0.29, 0.717) is 24.7 Å². The lowest BCUT2D eigenvalue weighted by Crippen LogP contribution is -2.55. The topological polar surface area (TPSA) is 65.0 Å². The summed E-state index contributed by atoms with van der Waals surface area (Å²) in [5.74, 6) is -0.382. The number of halogens is 2. The molecule has 1 aliphatic rings. The van der Waals surface area contributed by atoms with Gasteiger partial charge in [-0.25, -0.2) is 4.39 Å². The number of carbonyl (C=O) groups is 1. The predicted octanol–water partition coefficient (Wildman–Crippen LogP) is 4.02. The molecule has 34 heavy (non-hydrogen) atoms. The summed E-state index contributed by atoms with van der Waals surface area (Å²) >= 11 is 6.28. The Morgan fingerprint density at radius 2 is 1.88 bits per heavy atom. The van der Waals surface area contributed by atoms with E-state index in [4.69, 9.17) is 16.3 Å². The standard InChI is InChI=1S/C26H29ClFN3O3/c1-18-14-30(12-13-31(18)15-19(32)17-34-25-9-5-4-8-23(25)28)16-26(33)29-24-11-10-22(27)20-6-2-3-7-21(20)24/h2-11,18-19,32H,12-17H2,1H3,(H,29,33)/t18-,19-/m0/s1. The summed E-state index contributed by atoms with van der Waals surface area (Å²) < 4.78 is 19.1. The third-order valence-electron chi connectivity index (χ3n) is 6.07. The van der Waals surface area contributed by atoms with Crippen molar-refractivity contribution < 1.29 is 19.0 Å². The van der Waals surface area contributed by atoms with Gasteiger partial charge in [-0.15, -0.1) is 0 Å². The first kappa shape index (κ1) is 24.4. The highest BCUT2D eigenvalue weighted by Gasteiger charge is 2.26. The number of benzene rings is 3. The van der Waals surface area contributed by atoms with Crippen LogP contribution in [0.25, 0.3) is 10.8 Å². The van der Waals surface area contributed by atoms with E-state index >= 15 is 0 Å². The van der Waals surface area contributed by atoms with Gasteiger partial charge in [-0.3, -0.25) is 14.6 Å². The number of hydrogen-bond acceptors (Lipinski definition) is 5. The summed E-state index contributed by atoms with van der Waals surface area (Å²) in [7, 11) is 0. The molecule has 0 unspecified atom stereocenters. The van der Waals surface area contributed by atoms with Gasteiger partial charge in [0.25, 0.3) is 0 Å². The molecule has 1 heterocycles. The minimum absolute atomic E-state index is 0.0192. The fraction of sp³-hybridized carbons (Fsp3) is 0.346. The molecule has 0 bridgehead atoms. The van der Waals surface area contributed by atoms with E-state index in [1.807, 2.05) is 30.3 Å². The Bertz CT molecular complexity index is 1150. The van der Waals surface area contributed by atoms with Crippen molar-refractivity contribution in [2.45, 2.75) is 19.1 Å². The van der Waals surface area contributed by atoms with Crippen LogP contribution in [0, 0.1) is 5.82 Å². The number of ether oxygens (including phenoxy) is 1. The van der Waals surface area contributed by atoms with Crippen molar-refractivity contribution in [2.24, 2.45) is 0 Å². The zero-order valence-electron chi connectivity index (χ0n) is 19.1. The Kier molecular flexibility index (Phi) is 8.00. The third kappa shape index (κ3) is 6.04. The number of aliphatic hydroxyl groups excluding tert-OH is 1. The molecule has 1 saturated heterocycles. The number of rotatable bonds is 8. The number of aliphatic hydroxyl groups is 1. The molecule has 1 fully saturated rings. The van der Waals surface area contributed by atoms with E-state index in [1.54, 1.807) is 24.3 Å². The summed E-state index contributed by atoms with van der Waals surface area (Å²) in [6.07, 6.45) is -0.741. The van der Waals surface area contributed by atoms with Gasteiger partial charge in [-0.05, 0) is 31.2 Å². The second-order valence-electron chi connectivity index (χ2n) is 8.66. The quantitative estimate of drug-likeness (QED) is 0.504. The summed E-state index contributed by atoms with van der Waals surface area (Å²) in [5, 5.41) is 15.9. The van der Waals surface area contributed by atoms with Crippen molar-refractivity contribution in [1.82, 2.24) is 9.80 Å². The van der Waals surface area contributed by atoms with E-state index in [1.165, 1.54) is 6.07 Å². The molecule has 2 N–H and O–H groups in total. The van der Waals surface area contributed by atoms with E-state index in [2.05, 4.69) is 22.0 Å². The van der Waals surface area contributed by atoms with Gasteiger partial charge in [0.1, 0.15) is 12.7 Å². The second-order valence-corrected chi connectivity index (χ2v) is 9.07. The van der Waals surface area contributed by atoms with Crippen LogP contribution in [0.1, 0.15) is 6.92 Å². The number of piperazine rings is 1. The summed E-state index contributed by atoms with van der Waals surface area (Å²) in [6.45, 7) is 4.93. The number of nitrogens with one attached hydrogen (secondary N) is 1. The Hall–Kier alpha value is -2.71. The smallest absolute Gasteiger partial charge is 0.238 e. The van der Waals surface area contributed by atoms with E-state index < -0.39 is 11.9 Å². The van der Waals surface area contributed by atoms with Gasteiger partial charge in [0, 0.05) is 53.7 Å². The highest BCUT2D eigenvalue weighted by atomic mass is 35.5. The molecule has 6 nitrogen and oxygen atoms in total. The van der Waals surface area contributed by atoms with Crippen LogP contribution in [0.3, 0.4) is 0 Å². The number of para-hydroxylation sites is 1. The van der Waals surface area contributed by atoms with Crippen molar-refractivity contribution in [1.29, 1.82) is 0 Å². The van der Waals surface area contributed by atoms with Crippen LogP contribution in [-0.4, -0.2) is 72.3 Å². The molecule has 4 rings (SSSR count). The largest absolute Gasteiger partial charge is 0.488 e.